The first-order valence-electron chi connectivity index (χ1n) is 14.3. The van der Waals surface area contributed by atoms with Gasteiger partial charge in [-0.25, -0.2) is 0 Å². The maximum absolute atomic E-state index is 13.1. The highest BCUT2D eigenvalue weighted by Crippen LogP contribution is 2.31. The number of likely N-dealkylation sites (N-methyl/N-ethyl adjacent to an activating group) is 1. The molecule has 3 amide bonds. The van der Waals surface area contributed by atoms with Gasteiger partial charge in [0.15, 0.2) is 17.3 Å². The van der Waals surface area contributed by atoms with E-state index in [4.69, 9.17) is 4.42 Å². The Morgan fingerprint density at radius 3 is 2.20 bits per heavy atom. The Bertz CT molecular complexity index is 1650. The number of hydrogen-bond donors (Lipinski definition) is 4. The molecule has 5 rings (SSSR count). The Morgan fingerprint density at radius 1 is 0.818 bits per heavy atom. The highest BCUT2D eigenvalue weighted by molar-refractivity contribution is 6.05. The molecular formula is C33H35N5O6. The SMILES string of the molecule is Cc1ccccc1N1CCN(c2ccc(C(=O)NCCN(C)C(=O)c3ccc(O)c(O)c3)cc2NC(=O)c2ccco2)CC1. The molecule has 0 bridgehead atoms. The zero-order chi connectivity index (χ0) is 31.2. The second kappa shape index (κ2) is 13.2. The second-order valence-electron chi connectivity index (χ2n) is 10.6. The summed E-state index contributed by atoms with van der Waals surface area (Å²) >= 11 is 0. The Balaban J connectivity index is 1.26. The van der Waals surface area contributed by atoms with Crippen molar-refractivity contribution in [2.24, 2.45) is 0 Å². The largest absolute Gasteiger partial charge is 0.504 e. The number of carbonyl (C=O) groups is 3. The summed E-state index contributed by atoms with van der Waals surface area (Å²) in [5.74, 6) is -1.70. The van der Waals surface area contributed by atoms with E-state index >= 15 is 0 Å². The predicted octanol–water partition coefficient (Wildman–Crippen LogP) is 4.08. The average molecular weight is 598 g/mol. The maximum atomic E-state index is 13.1. The molecule has 0 atom stereocenters. The third kappa shape index (κ3) is 6.78. The molecule has 1 aliphatic heterocycles. The van der Waals surface area contributed by atoms with Crippen molar-refractivity contribution in [3.05, 3.63) is 102 Å². The second-order valence-corrected chi connectivity index (χ2v) is 10.6. The number of hydrogen-bond acceptors (Lipinski definition) is 8. The summed E-state index contributed by atoms with van der Waals surface area (Å²) in [6.07, 6.45) is 1.43. The number of aryl methyl sites for hydroxylation is 1. The molecule has 4 N–H and O–H groups in total. The molecule has 1 aromatic heterocycles. The van der Waals surface area contributed by atoms with Gasteiger partial charge in [0, 0.05) is 63.1 Å². The number of furan rings is 1. The van der Waals surface area contributed by atoms with Crippen LogP contribution in [0.2, 0.25) is 0 Å². The molecule has 0 radical (unpaired) electrons. The summed E-state index contributed by atoms with van der Waals surface area (Å²) in [7, 11) is 1.58. The Hall–Kier alpha value is -5.45. The Kier molecular flexibility index (Phi) is 9.03. The van der Waals surface area contributed by atoms with E-state index in [9.17, 15) is 24.6 Å². The zero-order valence-corrected chi connectivity index (χ0v) is 24.6. The quantitative estimate of drug-likeness (QED) is 0.212. The van der Waals surface area contributed by atoms with E-state index in [1.807, 2.05) is 18.2 Å². The first-order valence-corrected chi connectivity index (χ1v) is 14.3. The van der Waals surface area contributed by atoms with Gasteiger partial charge in [0.25, 0.3) is 17.7 Å². The van der Waals surface area contributed by atoms with Crippen molar-refractivity contribution >= 4 is 34.8 Å². The molecule has 11 nitrogen and oxygen atoms in total. The normalized spacial score (nSPS) is 13.0. The highest BCUT2D eigenvalue weighted by atomic mass is 16.3. The van der Waals surface area contributed by atoms with Gasteiger partial charge in [-0.2, -0.15) is 0 Å². The summed E-state index contributed by atoms with van der Waals surface area (Å²) in [5, 5.41) is 24.9. The van der Waals surface area contributed by atoms with Crippen molar-refractivity contribution in [1.29, 1.82) is 0 Å². The first kappa shape index (κ1) is 30.0. The standard InChI is InChI=1S/C33H35N5O6/c1-22-6-3-4-7-26(22)37-15-17-38(18-16-37)27-11-9-23(20-25(27)35-32(42)30-8-5-19-44-30)31(41)34-13-14-36(2)33(43)24-10-12-28(39)29(40)21-24/h3-12,19-21,39-40H,13-18H2,1-2H3,(H,34,41)(H,35,42). The third-order valence-corrected chi connectivity index (χ3v) is 7.63. The van der Waals surface area contributed by atoms with Crippen LogP contribution in [0.5, 0.6) is 11.5 Å². The number of piperazine rings is 1. The van der Waals surface area contributed by atoms with Gasteiger partial charge in [0.1, 0.15) is 0 Å². The van der Waals surface area contributed by atoms with Crippen molar-refractivity contribution in [3.63, 3.8) is 0 Å². The molecular weight excluding hydrogens is 562 g/mol. The number of rotatable bonds is 9. The van der Waals surface area contributed by atoms with E-state index in [2.05, 4.69) is 39.5 Å². The van der Waals surface area contributed by atoms with Crippen LogP contribution in [0.3, 0.4) is 0 Å². The van der Waals surface area contributed by atoms with E-state index in [0.717, 1.165) is 31.9 Å². The van der Waals surface area contributed by atoms with Crippen LogP contribution in [0.1, 0.15) is 36.8 Å². The number of amides is 3. The Labute approximate surface area is 255 Å². The van der Waals surface area contributed by atoms with Crippen LogP contribution >= 0.6 is 0 Å². The van der Waals surface area contributed by atoms with E-state index in [1.54, 1.807) is 31.3 Å². The van der Waals surface area contributed by atoms with Crippen LogP contribution < -0.4 is 20.4 Å². The number of para-hydroxylation sites is 1. The minimum atomic E-state index is -0.423. The fourth-order valence-corrected chi connectivity index (χ4v) is 5.17. The van der Waals surface area contributed by atoms with Gasteiger partial charge >= 0.3 is 0 Å². The molecule has 1 saturated heterocycles. The molecule has 1 aliphatic rings. The minimum absolute atomic E-state index is 0.157. The summed E-state index contributed by atoms with van der Waals surface area (Å²) in [4.78, 5) is 44.7. The van der Waals surface area contributed by atoms with Gasteiger partial charge in [-0.1, -0.05) is 18.2 Å². The summed E-state index contributed by atoms with van der Waals surface area (Å²) in [5.41, 5.74) is 4.27. The van der Waals surface area contributed by atoms with Crippen LogP contribution in [-0.2, 0) is 0 Å². The molecule has 1 fully saturated rings. The van der Waals surface area contributed by atoms with E-state index in [-0.39, 0.29) is 47.7 Å². The lowest BCUT2D eigenvalue weighted by atomic mass is 10.1. The number of phenolic OH excluding ortho intramolecular Hbond substituents is 2. The summed E-state index contributed by atoms with van der Waals surface area (Å²) in [6, 6.07) is 20.6. The number of benzene rings is 3. The van der Waals surface area contributed by atoms with Crippen molar-refractivity contribution in [2.75, 3.05) is 61.4 Å². The molecule has 2 heterocycles. The smallest absolute Gasteiger partial charge is 0.291 e. The van der Waals surface area contributed by atoms with Gasteiger partial charge in [0.2, 0.25) is 0 Å². The molecule has 4 aromatic rings. The molecule has 0 unspecified atom stereocenters. The van der Waals surface area contributed by atoms with Crippen LogP contribution in [0.4, 0.5) is 17.1 Å². The molecule has 11 heteroatoms. The Morgan fingerprint density at radius 2 is 1.52 bits per heavy atom. The van der Waals surface area contributed by atoms with Crippen LogP contribution in [0.15, 0.2) is 83.5 Å². The lowest BCUT2D eigenvalue weighted by Crippen LogP contribution is -2.47. The lowest BCUT2D eigenvalue weighted by Gasteiger charge is -2.38. The monoisotopic (exact) mass is 597 g/mol. The van der Waals surface area contributed by atoms with Crippen molar-refractivity contribution in [2.45, 2.75) is 6.92 Å². The van der Waals surface area contributed by atoms with E-state index < -0.39 is 5.91 Å². The number of phenols is 2. The molecule has 0 aliphatic carbocycles. The van der Waals surface area contributed by atoms with Gasteiger partial charge in [-0.3, -0.25) is 14.4 Å². The van der Waals surface area contributed by atoms with E-state index in [1.165, 1.54) is 40.6 Å². The molecule has 0 spiro atoms. The third-order valence-electron chi connectivity index (χ3n) is 7.63. The number of aromatic hydroxyl groups is 2. The van der Waals surface area contributed by atoms with Gasteiger partial charge in [-0.15, -0.1) is 0 Å². The van der Waals surface area contributed by atoms with Crippen LogP contribution in [-0.4, -0.2) is 79.2 Å². The number of carbonyl (C=O) groups excluding carboxylic acids is 3. The molecule has 44 heavy (non-hydrogen) atoms. The predicted molar refractivity (Wildman–Crippen MR) is 168 cm³/mol. The fourth-order valence-electron chi connectivity index (χ4n) is 5.17. The van der Waals surface area contributed by atoms with E-state index in [0.29, 0.717) is 11.3 Å². The highest BCUT2D eigenvalue weighted by Gasteiger charge is 2.23. The lowest BCUT2D eigenvalue weighted by molar-refractivity contribution is 0.0786. The first-order chi connectivity index (χ1) is 21.2. The van der Waals surface area contributed by atoms with Gasteiger partial charge < -0.3 is 40.0 Å². The topological polar surface area (TPSA) is 139 Å². The van der Waals surface area contributed by atoms with Gasteiger partial charge in [-0.05, 0) is 67.1 Å². The molecule has 228 valence electrons. The number of nitrogens with zero attached hydrogens (tertiary/aromatic N) is 3. The number of anilines is 3. The maximum Gasteiger partial charge on any atom is 0.291 e. The van der Waals surface area contributed by atoms with Crippen molar-refractivity contribution < 1.29 is 29.0 Å². The average Bonchev–Trinajstić information content (AvgIpc) is 3.58. The van der Waals surface area contributed by atoms with Crippen molar-refractivity contribution in [3.8, 4) is 11.5 Å². The zero-order valence-electron chi connectivity index (χ0n) is 24.6. The fraction of sp³-hybridized carbons (Fsp3) is 0.242. The van der Waals surface area contributed by atoms with Crippen molar-refractivity contribution in [1.82, 2.24) is 10.2 Å². The summed E-state index contributed by atoms with van der Waals surface area (Å²) in [6.45, 7) is 5.53. The summed E-state index contributed by atoms with van der Waals surface area (Å²) < 4.78 is 5.27. The van der Waals surface area contributed by atoms with Crippen LogP contribution in [0, 0.1) is 6.92 Å². The minimum Gasteiger partial charge on any atom is -0.504 e. The van der Waals surface area contributed by atoms with Crippen LogP contribution in [0.25, 0.3) is 0 Å². The molecule has 3 aromatic carbocycles. The molecule has 0 saturated carbocycles. The van der Waals surface area contributed by atoms with Gasteiger partial charge in [0.05, 0.1) is 17.6 Å². The number of nitrogens with one attached hydrogen (secondary N) is 2.